The first-order valence-corrected chi connectivity index (χ1v) is 8.61. The van der Waals surface area contributed by atoms with Crippen molar-refractivity contribution in [1.29, 1.82) is 0 Å². The predicted molar refractivity (Wildman–Crippen MR) is 96.0 cm³/mol. The van der Waals surface area contributed by atoms with Crippen LogP contribution in [0.4, 0.5) is 10.7 Å². The Morgan fingerprint density at radius 3 is 2.56 bits per heavy atom. The average molecular weight is 347 g/mol. The number of aromatic nitrogens is 3. The van der Waals surface area contributed by atoms with Crippen LogP contribution in [0.1, 0.15) is 27.7 Å². The molecule has 0 atom stereocenters. The Labute approximate surface area is 146 Å². The van der Waals surface area contributed by atoms with Crippen molar-refractivity contribution in [3.63, 3.8) is 0 Å². The van der Waals surface area contributed by atoms with E-state index in [4.69, 9.17) is 4.74 Å². The van der Waals surface area contributed by atoms with Crippen LogP contribution in [0.2, 0.25) is 0 Å². The zero-order valence-corrected chi connectivity index (χ0v) is 15.2. The molecule has 2 aromatic heterocycles. The molecule has 2 aromatic rings. The molecule has 25 heavy (non-hydrogen) atoms. The molecule has 3 heterocycles. The second-order valence-electron chi connectivity index (χ2n) is 7.15. The molecule has 1 amide bonds. The zero-order valence-electron chi connectivity index (χ0n) is 15.2. The minimum atomic E-state index is -0.495. The number of H-pyrrole nitrogens is 1. The van der Waals surface area contributed by atoms with E-state index in [9.17, 15) is 9.59 Å². The lowest BCUT2D eigenvalue weighted by Crippen LogP contribution is -2.50. The number of anilines is 1. The summed E-state index contributed by atoms with van der Waals surface area (Å²) in [6, 6.07) is 1.81. The summed E-state index contributed by atoms with van der Waals surface area (Å²) in [4.78, 5) is 35.5. The number of nitrogens with one attached hydrogen (secondary N) is 1. The molecular formula is C17H25N5O3. The van der Waals surface area contributed by atoms with Crippen LogP contribution >= 0.6 is 0 Å². The van der Waals surface area contributed by atoms with Gasteiger partial charge in [0.05, 0.1) is 5.52 Å². The number of carbonyl (C=O) groups excluding carboxylic acids is 1. The molecule has 8 nitrogen and oxygen atoms in total. The maximum Gasteiger partial charge on any atom is 0.410 e. The van der Waals surface area contributed by atoms with Crippen molar-refractivity contribution >= 4 is 23.1 Å². The fourth-order valence-corrected chi connectivity index (χ4v) is 3.04. The Hall–Kier alpha value is -2.51. The van der Waals surface area contributed by atoms with Crippen molar-refractivity contribution in [3.05, 3.63) is 22.6 Å². The molecule has 1 saturated heterocycles. The maximum atomic E-state index is 12.2. The molecule has 0 aliphatic carbocycles. The van der Waals surface area contributed by atoms with Gasteiger partial charge in [0.25, 0.3) is 5.56 Å². The van der Waals surface area contributed by atoms with Gasteiger partial charge in [-0.2, -0.15) is 0 Å². The molecule has 0 saturated carbocycles. The minimum Gasteiger partial charge on any atom is -0.444 e. The molecule has 1 fully saturated rings. The van der Waals surface area contributed by atoms with Crippen LogP contribution in [0.5, 0.6) is 0 Å². The summed E-state index contributed by atoms with van der Waals surface area (Å²) in [5.74, 6) is 0.776. The highest BCUT2D eigenvalue weighted by molar-refractivity contribution is 5.77. The van der Waals surface area contributed by atoms with E-state index >= 15 is 0 Å². The molecule has 1 aliphatic heterocycles. The van der Waals surface area contributed by atoms with Gasteiger partial charge in [0.15, 0.2) is 0 Å². The lowest BCUT2D eigenvalue weighted by atomic mass is 10.2. The number of piperazine rings is 1. The lowest BCUT2D eigenvalue weighted by molar-refractivity contribution is 0.0240. The molecule has 8 heteroatoms. The Kier molecular flexibility index (Phi) is 4.45. The normalized spacial score (nSPS) is 15.7. The molecular weight excluding hydrogens is 322 g/mol. The third-order valence-corrected chi connectivity index (χ3v) is 4.18. The van der Waals surface area contributed by atoms with Gasteiger partial charge in [-0.05, 0) is 33.8 Å². The fourth-order valence-electron chi connectivity index (χ4n) is 3.04. The maximum absolute atomic E-state index is 12.2. The number of hydrogen-bond acceptors (Lipinski definition) is 5. The summed E-state index contributed by atoms with van der Waals surface area (Å²) in [6.45, 7) is 10.7. The van der Waals surface area contributed by atoms with Crippen molar-refractivity contribution in [1.82, 2.24) is 19.4 Å². The monoisotopic (exact) mass is 347 g/mol. The van der Waals surface area contributed by atoms with Crippen molar-refractivity contribution < 1.29 is 9.53 Å². The van der Waals surface area contributed by atoms with Crippen molar-refractivity contribution in [3.8, 4) is 0 Å². The molecule has 136 valence electrons. The van der Waals surface area contributed by atoms with Gasteiger partial charge in [-0.25, -0.2) is 9.78 Å². The standard InChI is InChI=1S/C17H25N5O3/c1-5-22-13-12(6-7-18-14(13)23)19-15(22)20-8-10-21(11-9-20)16(24)25-17(2,3)4/h6-7H,5,8-11H2,1-4H3,(H,18,23). The highest BCUT2D eigenvalue weighted by Gasteiger charge is 2.28. The Balaban J connectivity index is 1.78. The first-order chi connectivity index (χ1) is 11.8. The van der Waals surface area contributed by atoms with Crippen LogP contribution in [-0.2, 0) is 11.3 Å². The van der Waals surface area contributed by atoms with Gasteiger partial charge >= 0.3 is 6.09 Å². The predicted octanol–water partition coefficient (Wildman–Crippen LogP) is 1.80. The van der Waals surface area contributed by atoms with Crippen molar-refractivity contribution in [2.45, 2.75) is 39.8 Å². The lowest BCUT2D eigenvalue weighted by Gasteiger charge is -2.36. The third-order valence-electron chi connectivity index (χ3n) is 4.18. The summed E-state index contributed by atoms with van der Waals surface area (Å²) in [6.07, 6.45) is 1.33. The molecule has 0 aromatic carbocycles. The van der Waals surface area contributed by atoms with Crippen LogP contribution in [0, 0.1) is 0 Å². The van der Waals surface area contributed by atoms with Gasteiger partial charge in [-0.1, -0.05) is 0 Å². The number of carbonyl (C=O) groups is 1. The first-order valence-electron chi connectivity index (χ1n) is 8.61. The summed E-state index contributed by atoms with van der Waals surface area (Å²) in [5, 5.41) is 0. The van der Waals surface area contributed by atoms with Crippen LogP contribution in [-0.4, -0.2) is 57.3 Å². The van der Waals surface area contributed by atoms with E-state index in [2.05, 4.69) is 14.9 Å². The van der Waals surface area contributed by atoms with Gasteiger partial charge < -0.3 is 24.1 Å². The van der Waals surface area contributed by atoms with E-state index in [0.29, 0.717) is 43.8 Å². The Bertz CT molecular complexity index is 825. The fraction of sp³-hybridized carbons (Fsp3) is 0.588. The molecule has 0 unspecified atom stereocenters. The number of ether oxygens (including phenoxy) is 1. The van der Waals surface area contributed by atoms with Gasteiger partial charge in [-0.15, -0.1) is 0 Å². The zero-order chi connectivity index (χ0) is 18.2. The summed E-state index contributed by atoms with van der Waals surface area (Å²) < 4.78 is 7.36. The first kappa shape index (κ1) is 17.3. The Morgan fingerprint density at radius 1 is 1.28 bits per heavy atom. The molecule has 0 radical (unpaired) electrons. The number of amides is 1. The van der Waals surface area contributed by atoms with E-state index in [0.717, 1.165) is 5.95 Å². The van der Waals surface area contributed by atoms with Gasteiger partial charge in [0.1, 0.15) is 11.1 Å². The second kappa shape index (κ2) is 6.42. The van der Waals surface area contributed by atoms with Gasteiger partial charge in [0.2, 0.25) is 5.95 Å². The van der Waals surface area contributed by atoms with E-state index < -0.39 is 5.60 Å². The quantitative estimate of drug-likeness (QED) is 0.896. The summed E-state index contributed by atoms with van der Waals surface area (Å²) >= 11 is 0. The van der Waals surface area contributed by atoms with E-state index in [1.165, 1.54) is 0 Å². The number of nitrogens with zero attached hydrogens (tertiary/aromatic N) is 4. The smallest absolute Gasteiger partial charge is 0.410 e. The topological polar surface area (TPSA) is 83.5 Å². The van der Waals surface area contributed by atoms with Gasteiger partial charge in [0, 0.05) is 38.9 Å². The number of hydrogen-bond donors (Lipinski definition) is 1. The highest BCUT2D eigenvalue weighted by Crippen LogP contribution is 2.21. The molecule has 3 rings (SSSR count). The number of rotatable bonds is 2. The van der Waals surface area contributed by atoms with E-state index in [-0.39, 0.29) is 11.7 Å². The molecule has 0 bridgehead atoms. The SMILES string of the molecule is CCn1c(N2CCN(C(=O)OC(C)(C)C)CC2)nc2cc[nH]c(=O)c21. The van der Waals surface area contributed by atoms with Crippen LogP contribution in [0.15, 0.2) is 17.1 Å². The summed E-state index contributed by atoms with van der Waals surface area (Å²) in [5.41, 5.74) is 0.654. The number of aryl methyl sites for hydroxylation is 1. The van der Waals surface area contributed by atoms with Crippen LogP contribution < -0.4 is 10.5 Å². The number of aromatic amines is 1. The minimum absolute atomic E-state index is 0.134. The third kappa shape index (κ3) is 3.47. The van der Waals surface area contributed by atoms with Crippen LogP contribution in [0.3, 0.4) is 0 Å². The largest absolute Gasteiger partial charge is 0.444 e. The van der Waals surface area contributed by atoms with Crippen LogP contribution in [0.25, 0.3) is 11.0 Å². The van der Waals surface area contributed by atoms with Gasteiger partial charge in [-0.3, -0.25) is 4.79 Å². The number of fused-ring (bicyclic) bond motifs is 1. The Morgan fingerprint density at radius 2 is 1.96 bits per heavy atom. The number of pyridine rings is 1. The van der Waals surface area contributed by atoms with E-state index in [1.54, 1.807) is 11.1 Å². The van der Waals surface area contributed by atoms with Crippen molar-refractivity contribution in [2.75, 3.05) is 31.1 Å². The van der Waals surface area contributed by atoms with E-state index in [1.807, 2.05) is 38.3 Å². The summed E-state index contributed by atoms with van der Waals surface area (Å²) in [7, 11) is 0. The average Bonchev–Trinajstić information content (AvgIpc) is 2.93. The molecule has 0 spiro atoms. The molecule has 1 N–H and O–H groups in total. The number of imidazole rings is 1. The molecule has 1 aliphatic rings. The van der Waals surface area contributed by atoms with Crippen molar-refractivity contribution in [2.24, 2.45) is 0 Å². The second-order valence-corrected chi connectivity index (χ2v) is 7.15. The highest BCUT2D eigenvalue weighted by atomic mass is 16.6.